The lowest BCUT2D eigenvalue weighted by molar-refractivity contribution is 0.0500. The fourth-order valence-electron chi connectivity index (χ4n) is 1.10. The molecule has 62 valence electrons. The normalized spacial score (nSPS) is 32.5. The van der Waals surface area contributed by atoms with Crippen LogP contribution in [0.4, 0.5) is 0 Å². The van der Waals surface area contributed by atoms with E-state index in [1.165, 1.54) is 0 Å². The monoisotopic (exact) mass is 154 g/mol. The Hall–Kier alpha value is -0.600. The Kier molecular flexibility index (Phi) is 3.33. The van der Waals surface area contributed by atoms with E-state index in [4.69, 9.17) is 9.47 Å². The SMILES string of the molecule is C/C=C\C1OCOC1/C=C\C. The molecule has 1 heterocycles. The summed E-state index contributed by atoms with van der Waals surface area (Å²) < 4.78 is 10.6. The lowest BCUT2D eigenvalue weighted by Crippen LogP contribution is -2.17. The zero-order chi connectivity index (χ0) is 8.10. The van der Waals surface area contributed by atoms with Crippen molar-refractivity contribution in [3.8, 4) is 0 Å². The van der Waals surface area contributed by atoms with Crippen LogP contribution in [0.25, 0.3) is 0 Å². The molecule has 1 aliphatic heterocycles. The third-order valence-corrected chi connectivity index (χ3v) is 1.61. The maximum Gasteiger partial charge on any atom is 0.148 e. The van der Waals surface area contributed by atoms with Gasteiger partial charge in [0.05, 0.1) is 0 Å². The van der Waals surface area contributed by atoms with Crippen LogP contribution in [-0.2, 0) is 9.47 Å². The maximum absolute atomic E-state index is 5.30. The third-order valence-electron chi connectivity index (χ3n) is 1.61. The largest absolute Gasteiger partial charge is 0.345 e. The molecule has 0 aromatic rings. The molecule has 0 bridgehead atoms. The quantitative estimate of drug-likeness (QED) is 0.565. The van der Waals surface area contributed by atoms with E-state index in [0.717, 1.165) is 0 Å². The topological polar surface area (TPSA) is 18.5 Å². The van der Waals surface area contributed by atoms with Crippen LogP contribution in [0, 0.1) is 0 Å². The van der Waals surface area contributed by atoms with Crippen LogP contribution >= 0.6 is 0 Å². The molecule has 0 radical (unpaired) electrons. The van der Waals surface area contributed by atoms with Gasteiger partial charge in [-0.15, -0.1) is 0 Å². The fourth-order valence-corrected chi connectivity index (χ4v) is 1.10. The van der Waals surface area contributed by atoms with E-state index in [1.54, 1.807) is 0 Å². The zero-order valence-electron chi connectivity index (χ0n) is 6.99. The van der Waals surface area contributed by atoms with Gasteiger partial charge in [0.15, 0.2) is 0 Å². The number of hydrogen-bond acceptors (Lipinski definition) is 2. The summed E-state index contributed by atoms with van der Waals surface area (Å²) in [6, 6.07) is 0. The van der Waals surface area contributed by atoms with Crippen LogP contribution in [0.15, 0.2) is 24.3 Å². The Bertz CT molecular complexity index is 143. The third kappa shape index (κ3) is 2.17. The van der Waals surface area contributed by atoms with Crippen molar-refractivity contribution >= 4 is 0 Å². The highest BCUT2D eigenvalue weighted by Crippen LogP contribution is 2.15. The second kappa shape index (κ2) is 4.31. The molecule has 0 spiro atoms. The van der Waals surface area contributed by atoms with E-state index in [1.807, 2.05) is 38.2 Å². The van der Waals surface area contributed by atoms with Gasteiger partial charge >= 0.3 is 0 Å². The van der Waals surface area contributed by atoms with Crippen LogP contribution in [0.1, 0.15) is 13.8 Å². The molecular formula is C9H14O2. The Morgan fingerprint density at radius 3 is 1.82 bits per heavy atom. The first-order chi connectivity index (χ1) is 5.38. The molecule has 1 aliphatic rings. The summed E-state index contributed by atoms with van der Waals surface area (Å²) in [5.74, 6) is 0. The molecule has 0 amide bonds. The average molecular weight is 154 g/mol. The van der Waals surface area contributed by atoms with Crippen LogP contribution in [0.5, 0.6) is 0 Å². The molecule has 0 N–H and O–H groups in total. The van der Waals surface area contributed by atoms with Crippen LogP contribution in [-0.4, -0.2) is 19.0 Å². The van der Waals surface area contributed by atoms with Gasteiger partial charge in [0.25, 0.3) is 0 Å². The van der Waals surface area contributed by atoms with Crippen molar-refractivity contribution in [3.63, 3.8) is 0 Å². The van der Waals surface area contributed by atoms with Crippen molar-refractivity contribution in [3.05, 3.63) is 24.3 Å². The Labute approximate surface area is 67.5 Å². The number of hydrogen-bond donors (Lipinski definition) is 0. The van der Waals surface area contributed by atoms with E-state index < -0.39 is 0 Å². The second-order valence-electron chi connectivity index (χ2n) is 2.43. The van der Waals surface area contributed by atoms with Crippen molar-refractivity contribution in [1.82, 2.24) is 0 Å². The molecule has 2 heteroatoms. The van der Waals surface area contributed by atoms with Gasteiger partial charge in [-0.2, -0.15) is 0 Å². The Morgan fingerprint density at radius 1 is 1.00 bits per heavy atom. The molecule has 0 aliphatic carbocycles. The molecule has 0 aromatic heterocycles. The highest BCUT2D eigenvalue weighted by Gasteiger charge is 2.23. The number of rotatable bonds is 2. The number of allylic oxidation sites excluding steroid dienone is 2. The smallest absolute Gasteiger partial charge is 0.148 e. The average Bonchev–Trinajstić information content (AvgIpc) is 2.39. The van der Waals surface area contributed by atoms with Crippen molar-refractivity contribution in [2.45, 2.75) is 26.1 Å². The number of ether oxygens (including phenoxy) is 2. The van der Waals surface area contributed by atoms with Crippen LogP contribution in [0.3, 0.4) is 0 Å². The molecule has 0 aromatic carbocycles. The van der Waals surface area contributed by atoms with Crippen LogP contribution in [0.2, 0.25) is 0 Å². The summed E-state index contributed by atoms with van der Waals surface area (Å²) in [6.07, 6.45) is 8.20. The van der Waals surface area contributed by atoms with Crippen LogP contribution < -0.4 is 0 Å². The van der Waals surface area contributed by atoms with E-state index >= 15 is 0 Å². The van der Waals surface area contributed by atoms with Gasteiger partial charge in [-0.05, 0) is 13.8 Å². The van der Waals surface area contributed by atoms with E-state index in [0.29, 0.717) is 6.79 Å². The van der Waals surface area contributed by atoms with Gasteiger partial charge in [-0.3, -0.25) is 0 Å². The van der Waals surface area contributed by atoms with Gasteiger partial charge in [-0.1, -0.05) is 24.3 Å². The van der Waals surface area contributed by atoms with Crippen molar-refractivity contribution < 1.29 is 9.47 Å². The van der Waals surface area contributed by atoms with Crippen molar-refractivity contribution in [2.75, 3.05) is 6.79 Å². The molecule has 2 unspecified atom stereocenters. The molecule has 11 heavy (non-hydrogen) atoms. The lowest BCUT2D eigenvalue weighted by atomic mass is 10.2. The minimum Gasteiger partial charge on any atom is -0.345 e. The highest BCUT2D eigenvalue weighted by atomic mass is 16.7. The summed E-state index contributed by atoms with van der Waals surface area (Å²) in [5, 5.41) is 0. The molecule has 0 saturated carbocycles. The first kappa shape index (κ1) is 8.50. The van der Waals surface area contributed by atoms with E-state index in [9.17, 15) is 0 Å². The fraction of sp³-hybridized carbons (Fsp3) is 0.556. The molecule has 1 fully saturated rings. The van der Waals surface area contributed by atoms with Crippen molar-refractivity contribution in [1.29, 1.82) is 0 Å². The first-order valence-corrected chi connectivity index (χ1v) is 3.87. The molecule has 2 nitrogen and oxygen atoms in total. The minimum absolute atomic E-state index is 0.108. The second-order valence-corrected chi connectivity index (χ2v) is 2.43. The molecular weight excluding hydrogens is 140 g/mol. The summed E-state index contributed by atoms with van der Waals surface area (Å²) >= 11 is 0. The predicted octanol–water partition coefficient (Wildman–Crippen LogP) is 1.88. The molecule has 2 atom stereocenters. The van der Waals surface area contributed by atoms with E-state index in [-0.39, 0.29) is 12.2 Å². The van der Waals surface area contributed by atoms with Gasteiger partial charge < -0.3 is 9.47 Å². The zero-order valence-corrected chi connectivity index (χ0v) is 6.99. The van der Waals surface area contributed by atoms with Gasteiger partial charge in [0.2, 0.25) is 0 Å². The van der Waals surface area contributed by atoms with Gasteiger partial charge in [0, 0.05) is 0 Å². The standard InChI is InChI=1S/C9H14O2/c1-3-5-8-9(6-4-2)11-7-10-8/h3-6,8-9H,7H2,1-2H3/b5-3-,6-4-. The summed E-state index contributed by atoms with van der Waals surface area (Å²) in [6.45, 7) is 4.37. The summed E-state index contributed by atoms with van der Waals surface area (Å²) in [7, 11) is 0. The Balaban J connectivity index is 2.50. The van der Waals surface area contributed by atoms with Crippen molar-refractivity contribution in [2.24, 2.45) is 0 Å². The summed E-state index contributed by atoms with van der Waals surface area (Å²) in [4.78, 5) is 0. The molecule has 1 saturated heterocycles. The first-order valence-electron chi connectivity index (χ1n) is 3.87. The summed E-state index contributed by atoms with van der Waals surface area (Å²) in [5.41, 5.74) is 0. The maximum atomic E-state index is 5.30. The highest BCUT2D eigenvalue weighted by molar-refractivity contribution is 5.02. The minimum atomic E-state index is 0.108. The van der Waals surface area contributed by atoms with Gasteiger partial charge in [-0.25, -0.2) is 0 Å². The lowest BCUT2D eigenvalue weighted by Gasteiger charge is -2.07. The molecule has 1 rings (SSSR count). The van der Waals surface area contributed by atoms with Gasteiger partial charge in [0.1, 0.15) is 19.0 Å². The predicted molar refractivity (Wildman–Crippen MR) is 44.2 cm³/mol. The Morgan fingerprint density at radius 2 is 1.45 bits per heavy atom. The van der Waals surface area contributed by atoms with E-state index in [2.05, 4.69) is 0 Å².